The van der Waals surface area contributed by atoms with Crippen LogP contribution in [0.2, 0.25) is 10.0 Å². The molecule has 0 radical (unpaired) electrons. The molecule has 5 rings (SSSR count). The van der Waals surface area contributed by atoms with E-state index in [0.29, 0.717) is 37.3 Å². The molecule has 1 unspecified atom stereocenters. The van der Waals surface area contributed by atoms with E-state index in [9.17, 15) is 14.4 Å². The van der Waals surface area contributed by atoms with Crippen molar-refractivity contribution >= 4 is 67.7 Å². The van der Waals surface area contributed by atoms with Crippen molar-refractivity contribution in [3.63, 3.8) is 0 Å². The van der Waals surface area contributed by atoms with E-state index in [-0.39, 0.29) is 28.4 Å². The first-order chi connectivity index (χ1) is 16.8. The van der Waals surface area contributed by atoms with E-state index in [4.69, 9.17) is 32.4 Å². The number of benzene rings is 3. The number of anilines is 1. The lowest BCUT2D eigenvalue weighted by molar-refractivity contribution is 0.0526. The third kappa shape index (κ3) is 4.03. The van der Waals surface area contributed by atoms with E-state index < -0.39 is 17.9 Å². The van der Waals surface area contributed by atoms with Crippen LogP contribution < -0.4 is 10.3 Å². The smallest absolute Gasteiger partial charge is 0.338 e. The summed E-state index contributed by atoms with van der Waals surface area (Å²) in [6.07, 6.45) is 0. The first-order valence-corrected chi connectivity index (χ1v) is 12.2. The molecule has 1 atom stereocenters. The van der Waals surface area contributed by atoms with Crippen LogP contribution in [0.1, 0.15) is 45.0 Å². The van der Waals surface area contributed by atoms with Gasteiger partial charge in [0.25, 0.3) is 5.91 Å². The molecule has 0 spiro atoms. The van der Waals surface area contributed by atoms with Crippen LogP contribution in [0.4, 0.5) is 5.69 Å². The van der Waals surface area contributed by atoms with E-state index in [2.05, 4.69) is 15.9 Å². The topological polar surface area (TPSA) is 76.8 Å². The third-order valence-corrected chi connectivity index (χ3v) is 6.98. The van der Waals surface area contributed by atoms with Crippen molar-refractivity contribution in [1.82, 2.24) is 0 Å². The number of carbonyl (C=O) groups is 2. The Hall–Kier alpha value is -3.13. The van der Waals surface area contributed by atoms with Gasteiger partial charge in [-0.3, -0.25) is 14.5 Å². The number of hydrogen-bond acceptors (Lipinski definition) is 5. The van der Waals surface area contributed by atoms with Gasteiger partial charge >= 0.3 is 5.97 Å². The molecule has 0 saturated carbocycles. The Kier molecular flexibility index (Phi) is 6.17. The maximum atomic E-state index is 13.7. The molecule has 9 heteroatoms. The van der Waals surface area contributed by atoms with E-state index >= 15 is 0 Å². The summed E-state index contributed by atoms with van der Waals surface area (Å²) in [6, 6.07) is 15.6. The Labute approximate surface area is 218 Å². The fourth-order valence-corrected chi connectivity index (χ4v) is 4.85. The fraction of sp³-hybridized carbons (Fsp3) is 0.115. The molecule has 176 valence electrons. The second-order valence-corrected chi connectivity index (χ2v) is 9.56. The van der Waals surface area contributed by atoms with Gasteiger partial charge in [-0.05, 0) is 67.1 Å². The van der Waals surface area contributed by atoms with Crippen LogP contribution in [-0.2, 0) is 4.74 Å². The number of esters is 1. The van der Waals surface area contributed by atoms with Gasteiger partial charge in [0.1, 0.15) is 5.58 Å². The molecular weight excluding hydrogens is 557 g/mol. The highest BCUT2D eigenvalue weighted by Gasteiger charge is 2.43. The van der Waals surface area contributed by atoms with Crippen LogP contribution in [0.3, 0.4) is 0 Å². The Bertz CT molecular complexity index is 1570. The number of hydrogen-bond donors (Lipinski definition) is 0. The van der Waals surface area contributed by atoms with E-state index in [1.54, 1.807) is 67.6 Å². The van der Waals surface area contributed by atoms with Crippen molar-refractivity contribution in [2.24, 2.45) is 0 Å². The SMILES string of the molecule is CCOC(=O)c1ccc(N2C(=O)c3oc4ccc(Br)cc4c(=O)c3C2c2ccc(Cl)c(Cl)c2)cc1. The van der Waals surface area contributed by atoms with Gasteiger partial charge in [0, 0.05) is 10.2 Å². The number of carbonyl (C=O) groups excluding carboxylic acids is 2. The molecule has 3 aromatic carbocycles. The number of nitrogens with zero attached hydrogens (tertiary/aromatic N) is 1. The minimum absolute atomic E-state index is 0.0460. The van der Waals surface area contributed by atoms with Crippen molar-refractivity contribution in [2.45, 2.75) is 13.0 Å². The van der Waals surface area contributed by atoms with Crippen LogP contribution in [0.25, 0.3) is 11.0 Å². The van der Waals surface area contributed by atoms with Gasteiger partial charge in [-0.1, -0.05) is 45.2 Å². The van der Waals surface area contributed by atoms with Crippen LogP contribution in [0.5, 0.6) is 0 Å². The van der Waals surface area contributed by atoms with Gasteiger partial charge in [0.2, 0.25) is 5.76 Å². The molecule has 6 nitrogen and oxygen atoms in total. The number of ether oxygens (including phenoxy) is 1. The van der Waals surface area contributed by atoms with Crippen LogP contribution in [-0.4, -0.2) is 18.5 Å². The molecule has 1 aromatic heterocycles. The maximum absolute atomic E-state index is 13.7. The molecule has 0 fully saturated rings. The second-order valence-electron chi connectivity index (χ2n) is 7.83. The minimum atomic E-state index is -0.819. The molecule has 35 heavy (non-hydrogen) atoms. The number of amides is 1. The average Bonchev–Trinajstić information content (AvgIpc) is 3.14. The van der Waals surface area contributed by atoms with E-state index in [1.165, 1.54) is 4.90 Å². The normalized spacial score (nSPS) is 14.9. The lowest BCUT2D eigenvalue weighted by Crippen LogP contribution is -2.29. The second kappa shape index (κ2) is 9.15. The lowest BCUT2D eigenvalue weighted by atomic mass is 9.98. The van der Waals surface area contributed by atoms with Crippen molar-refractivity contribution in [3.8, 4) is 0 Å². The predicted molar refractivity (Wildman–Crippen MR) is 138 cm³/mol. The molecule has 0 N–H and O–H groups in total. The quantitative estimate of drug-likeness (QED) is 0.252. The molecule has 4 aromatic rings. The molecule has 0 bridgehead atoms. The zero-order chi connectivity index (χ0) is 24.9. The molecule has 0 aliphatic carbocycles. The predicted octanol–water partition coefficient (Wildman–Crippen LogP) is 6.79. The Balaban J connectivity index is 1.72. The Morgan fingerprint density at radius 2 is 1.77 bits per heavy atom. The monoisotopic (exact) mass is 571 g/mol. The Morgan fingerprint density at radius 1 is 1.03 bits per heavy atom. The molecule has 2 heterocycles. The zero-order valence-electron chi connectivity index (χ0n) is 18.2. The van der Waals surface area contributed by atoms with Crippen molar-refractivity contribution < 1.29 is 18.7 Å². The van der Waals surface area contributed by atoms with Gasteiger partial charge in [-0.15, -0.1) is 0 Å². The number of rotatable bonds is 4. The Morgan fingerprint density at radius 3 is 2.46 bits per heavy atom. The summed E-state index contributed by atoms with van der Waals surface area (Å²) in [6.45, 7) is 1.97. The van der Waals surface area contributed by atoms with Crippen molar-refractivity contribution in [2.75, 3.05) is 11.5 Å². The first-order valence-electron chi connectivity index (χ1n) is 10.6. The summed E-state index contributed by atoms with van der Waals surface area (Å²) in [5, 5.41) is 0.978. The fourth-order valence-electron chi connectivity index (χ4n) is 4.18. The summed E-state index contributed by atoms with van der Waals surface area (Å²) >= 11 is 15.8. The minimum Gasteiger partial charge on any atom is -0.462 e. The summed E-state index contributed by atoms with van der Waals surface area (Å²) in [7, 11) is 0. The first kappa shape index (κ1) is 23.6. The van der Waals surface area contributed by atoms with Crippen molar-refractivity contribution in [3.05, 3.63) is 108 Å². The highest BCUT2D eigenvalue weighted by molar-refractivity contribution is 9.10. The van der Waals surface area contributed by atoms with Gasteiger partial charge in [-0.2, -0.15) is 0 Å². The largest absolute Gasteiger partial charge is 0.462 e. The molecule has 1 aliphatic rings. The van der Waals surface area contributed by atoms with Gasteiger partial charge in [0.05, 0.1) is 39.2 Å². The maximum Gasteiger partial charge on any atom is 0.338 e. The zero-order valence-corrected chi connectivity index (χ0v) is 21.3. The van der Waals surface area contributed by atoms with E-state index in [1.807, 2.05) is 0 Å². The molecular formula is C26H16BrCl2NO5. The van der Waals surface area contributed by atoms with Gasteiger partial charge < -0.3 is 9.15 Å². The standard InChI is InChI=1S/C26H16BrCl2NO5/c1-2-34-26(33)13-3-7-16(8-4-13)30-22(14-5-9-18(28)19(29)11-14)21-23(31)17-12-15(27)6-10-20(17)35-24(21)25(30)32/h3-12,22H,2H2,1H3. The third-order valence-electron chi connectivity index (χ3n) is 5.75. The highest BCUT2D eigenvalue weighted by Crippen LogP contribution is 2.42. The number of fused-ring (bicyclic) bond motifs is 2. The van der Waals surface area contributed by atoms with Crippen LogP contribution in [0.15, 0.2) is 74.3 Å². The summed E-state index contributed by atoms with van der Waals surface area (Å²) in [5.74, 6) is -0.998. The van der Waals surface area contributed by atoms with Crippen LogP contribution >= 0.6 is 39.1 Å². The van der Waals surface area contributed by atoms with Crippen LogP contribution in [0, 0.1) is 0 Å². The highest BCUT2D eigenvalue weighted by atomic mass is 79.9. The summed E-state index contributed by atoms with van der Waals surface area (Å²) in [5.41, 5.74) is 1.58. The summed E-state index contributed by atoms with van der Waals surface area (Å²) in [4.78, 5) is 40.9. The number of halogens is 3. The van der Waals surface area contributed by atoms with E-state index in [0.717, 1.165) is 0 Å². The van der Waals surface area contributed by atoms with Crippen molar-refractivity contribution in [1.29, 1.82) is 0 Å². The van der Waals surface area contributed by atoms with Gasteiger partial charge in [0.15, 0.2) is 5.43 Å². The lowest BCUT2D eigenvalue weighted by Gasteiger charge is -2.25. The summed E-state index contributed by atoms with van der Waals surface area (Å²) < 4.78 is 11.7. The molecule has 1 amide bonds. The average molecular weight is 573 g/mol. The molecule has 1 aliphatic heterocycles. The van der Waals surface area contributed by atoms with Gasteiger partial charge in [-0.25, -0.2) is 4.79 Å². The molecule has 0 saturated heterocycles.